The Labute approximate surface area is 277 Å². The maximum atomic E-state index is 11.5. The summed E-state index contributed by atoms with van der Waals surface area (Å²) in [5, 5.41) is 3.47. The fourth-order valence-corrected chi connectivity index (χ4v) is 4.60. The smallest absolute Gasteiger partial charge is 0.358 e. The van der Waals surface area contributed by atoms with E-state index in [1.54, 1.807) is 34.1 Å². The van der Waals surface area contributed by atoms with E-state index in [0.717, 1.165) is 63.2 Å². The van der Waals surface area contributed by atoms with Gasteiger partial charge < -0.3 is 30.0 Å². The van der Waals surface area contributed by atoms with Crippen LogP contribution in [-0.4, -0.2) is 104 Å². The molecule has 47 heavy (non-hydrogen) atoms. The lowest BCUT2D eigenvalue weighted by Crippen LogP contribution is -2.28. The third-order valence-corrected chi connectivity index (χ3v) is 7.31. The Hall–Kier alpha value is -4.51. The zero-order valence-corrected chi connectivity index (χ0v) is 27.5. The standard InChI is InChI=1S/C15H19N5O3.C10H9ClN4O2.C5H11NO/c1-10-7-16-15(18-11-3-5-23-6-4-11)19-13(10)20-8-12(17-9-20)14(21)22-2;1-6-3-12-10(11)14-8(6)15-4-7(13-5-15)9(16)17-2;6-5-1-3-7-4-2-5/h7-9,11H,3-6H2,1-2H3,(H,16,18,19);3-5H,1-2H3;5H,1-4,6H2. The van der Waals surface area contributed by atoms with Crippen molar-refractivity contribution in [1.82, 2.24) is 39.0 Å². The van der Waals surface area contributed by atoms with Crippen molar-refractivity contribution in [2.24, 2.45) is 5.73 Å². The van der Waals surface area contributed by atoms with Gasteiger partial charge in [0.15, 0.2) is 11.4 Å². The monoisotopic (exact) mass is 670 g/mol. The number of halogens is 1. The molecule has 4 aromatic heterocycles. The van der Waals surface area contributed by atoms with E-state index in [1.165, 1.54) is 26.7 Å². The van der Waals surface area contributed by atoms with Gasteiger partial charge in [-0.2, -0.15) is 9.97 Å². The van der Waals surface area contributed by atoms with E-state index in [2.05, 4.69) is 44.7 Å². The summed E-state index contributed by atoms with van der Waals surface area (Å²) in [5.74, 6) is 0.841. The molecule has 2 aliphatic rings. The van der Waals surface area contributed by atoms with Crippen molar-refractivity contribution in [2.75, 3.05) is 46.0 Å². The van der Waals surface area contributed by atoms with Crippen LogP contribution in [0.25, 0.3) is 11.6 Å². The molecule has 0 amide bonds. The zero-order valence-electron chi connectivity index (χ0n) is 26.8. The largest absolute Gasteiger partial charge is 0.464 e. The molecule has 0 aliphatic carbocycles. The van der Waals surface area contributed by atoms with Crippen LogP contribution in [0.4, 0.5) is 5.95 Å². The summed E-state index contributed by atoms with van der Waals surface area (Å²) in [5.41, 5.74) is 7.71. The van der Waals surface area contributed by atoms with Gasteiger partial charge in [0.25, 0.3) is 0 Å². The van der Waals surface area contributed by atoms with Gasteiger partial charge in [0, 0.05) is 74.4 Å². The number of nitrogens with one attached hydrogen (secondary N) is 1. The van der Waals surface area contributed by atoms with Crippen molar-refractivity contribution in [3.63, 3.8) is 0 Å². The first-order valence-electron chi connectivity index (χ1n) is 14.9. The average Bonchev–Trinajstić information content (AvgIpc) is 3.79. The second-order valence-electron chi connectivity index (χ2n) is 10.6. The Morgan fingerprint density at radius 3 is 1.79 bits per heavy atom. The summed E-state index contributed by atoms with van der Waals surface area (Å²) >= 11 is 5.72. The molecule has 0 spiro atoms. The number of aromatic nitrogens is 8. The first-order chi connectivity index (χ1) is 22.7. The van der Waals surface area contributed by atoms with E-state index < -0.39 is 11.9 Å². The molecule has 2 fully saturated rings. The molecule has 2 aliphatic heterocycles. The number of carbonyl (C=O) groups is 2. The van der Waals surface area contributed by atoms with Crippen LogP contribution in [0.5, 0.6) is 0 Å². The molecule has 17 heteroatoms. The lowest BCUT2D eigenvalue weighted by atomic mass is 10.1. The highest BCUT2D eigenvalue weighted by molar-refractivity contribution is 6.28. The summed E-state index contributed by atoms with van der Waals surface area (Å²) in [7, 11) is 2.63. The molecule has 6 rings (SSSR count). The molecular weight excluding hydrogens is 632 g/mol. The van der Waals surface area contributed by atoms with Crippen molar-refractivity contribution in [3.05, 3.63) is 65.2 Å². The van der Waals surface area contributed by atoms with Crippen LogP contribution >= 0.6 is 11.6 Å². The maximum absolute atomic E-state index is 11.5. The minimum absolute atomic E-state index is 0.138. The van der Waals surface area contributed by atoms with Crippen molar-refractivity contribution in [3.8, 4) is 11.6 Å². The Balaban J connectivity index is 0.000000182. The summed E-state index contributed by atoms with van der Waals surface area (Å²) in [6.45, 7) is 6.97. The number of methoxy groups -OCH3 is 2. The highest BCUT2D eigenvalue weighted by Gasteiger charge is 2.17. The van der Waals surface area contributed by atoms with Crippen LogP contribution in [0.3, 0.4) is 0 Å². The minimum Gasteiger partial charge on any atom is -0.464 e. The molecule has 6 heterocycles. The van der Waals surface area contributed by atoms with Crippen molar-refractivity contribution >= 4 is 29.5 Å². The third-order valence-electron chi connectivity index (χ3n) is 7.12. The van der Waals surface area contributed by atoms with E-state index in [-0.39, 0.29) is 16.7 Å². The predicted octanol–water partition coefficient (Wildman–Crippen LogP) is 2.88. The first-order valence-corrected chi connectivity index (χ1v) is 15.3. The third kappa shape index (κ3) is 10.2. The van der Waals surface area contributed by atoms with Crippen LogP contribution in [0, 0.1) is 13.8 Å². The van der Waals surface area contributed by atoms with Gasteiger partial charge in [-0.3, -0.25) is 9.13 Å². The SMILES string of the molecule is COC(=O)c1cn(-c2nc(Cl)ncc2C)cn1.COC(=O)c1cn(-c2nc(NC3CCOCC3)ncc2C)cn1.NC1CCOCC1. The number of esters is 2. The van der Waals surface area contributed by atoms with Gasteiger partial charge >= 0.3 is 11.9 Å². The van der Waals surface area contributed by atoms with E-state index in [1.807, 2.05) is 13.8 Å². The number of hydrogen-bond acceptors (Lipinski definition) is 14. The highest BCUT2D eigenvalue weighted by Crippen LogP contribution is 2.17. The first kappa shape index (κ1) is 35.3. The molecule has 3 N–H and O–H groups in total. The van der Waals surface area contributed by atoms with Crippen molar-refractivity contribution in [2.45, 2.75) is 51.6 Å². The second kappa shape index (κ2) is 17.4. The number of hydrogen-bond donors (Lipinski definition) is 2. The van der Waals surface area contributed by atoms with E-state index >= 15 is 0 Å². The van der Waals surface area contributed by atoms with E-state index in [4.69, 9.17) is 26.8 Å². The molecule has 0 unspecified atom stereocenters. The number of ether oxygens (including phenoxy) is 4. The van der Waals surface area contributed by atoms with Crippen LogP contribution < -0.4 is 11.1 Å². The van der Waals surface area contributed by atoms with Gasteiger partial charge in [-0.05, 0) is 51.1 Å². The molecule has 252 valence electrons. The number of imidazole rings is 2. The number of aryl methyl sites for hydroxylation is 2. The van der Waals surface area contributed by atoms with Crippen molar-refractivity contribution in [1.29, 1.82) is 0 Å². The Morgan fingerprint density at radius 2 is 1.30 bits per heavy atom. The number of nitrogens with two attached hydrogens (primary N) is 1. The topological polar surface area (TPSA) is 196 Å². The van der Waals surface area contributed by atoms with Crippen LogP contribution in [-0.2, 0) is 18.9 Å². The number of nitrogens with zero attached hydrogens (tertiary/aromatic N) is 8. The average molecular weight is 671 g/mol. The van der Waals surface area contributed by atoms with Gasteiger partial charge in [0.2, 0.25) is 11.2 Å². The van der Waals surface area contributed by atoms with Gasteiger partial charge in [-0.15, -0.1) is 0 Å². The Bertz CT molecular complexity index is 1620. The quantitative estimate of drug-likeness (QED) is 0.224. The normalized spacial score (nSPS) is 15.0. The summed E-state index contributed by atoms with van der Waals surface area (Å²) in [4.78, 5) is 47.5. The fourth-order valence-electron chi connectivity index (χ4n) is 4.48. The molecule has 0 radical (unpaired) electrons. The minimum atomic E-state index is -0.499. The second-order valence-corrected chi connectivity index (χ2v) is 11.0. The lowest BCUT2D eigenvalue weighted by molar-refractivity contribution is 0.0586. The summed E-state index contributed by atoms with van der Waals surface area (Å²) in [6, 6.07) is 0.724. The fraction of sp³-hybridized carbons (Fsp3) is 0.467. The molecule has 0 bridgehead atoms. The van der Waals surface area contributed by atoms with Gasteiger partial charge in [0.05, 0.1) is 14.2 Å². The molecule has 0 atom stereocenters. The molecule has 4 aromatic rings. The number of anilines is 1. The molecular formula is C30H39ClN10O6. The Kier molecular flexibility index (Phi) is 13.1. The molecule has 16 nitrogen and oxygen atoms in total. The summed E-state index contributed by atoms with van der Waals surface area (Å²) in [6.07, 6.45) is 13.4. The van der Waals surface area contributed by atoms with Gasteiger partial charge in [-0.25, -0.2) is 29.5 Å². The number of rotatable bonds is 6. The van der Waals surface area contributed by atoms with E-state index in [0.29, 0.717) is 29.7 Å². The summed E-state index contributed by atoms with van der Waals surface area (Å²) < 4.78 is 22.9. The predicted molar refractivity (Wildman–Crippen MR) is 171 cm³/mol. The molecule has 0 saturated carbocycles. The maximum Gasteiger partial charge on any atom is 0.358 e. The molecule has 2 saturated heterocycles. The molecule has 0 aromatic carbocycles. The Morgan fingerprint density at radius 1 is 0.809 bits per heavy atom. The van der Waals surface area contributed by atoms with E-state index in [9.17, 15) is 9.59 Å². The highest BCUT2D eigenvalue weighted by atomic mass is 35.5. The van der Waals surface area contributed by atoms with Crippen LogP contribution in [0.15, 0.2) is 37.4 Å². The lowest BCUT2D eigenvalue weighted by Gasteiger charge is -2.23. The van der Waals surface area contributed by atoms with Crippen LogP contribution in [0.2, 0.25) is 5.28 Å². The van der Waals surface area contributed by atoms with Gasteiger partial charge in [-0.1, -0.05) is 0 Å². The van der Waals surface area contributed by atoms with Crippen LogP contribution in [0.1, 0.15) is 57.8 Å². The zero-order chi connectivity index (χ0) is 33.8. The number of carbonyl (C=O) groups excluding carboxylic acids is 2. The van der Waals surface area contributed by atoms with Gasteiger partial charge in [0.1, 0.15) is 24.3 Å². The van der Waals surface area contributed by atoms with Crippen molar-refractivity contribution < 1.29 is 28.5 Å².